The molecule has 0 bridgehead atoms. The van der Waals surface area contributed by atoms with Crippen molar-refractivity contribution in [1.29, 1.82) is 0 Å². The fourth-order valence-corrected chi connectivity index (χ4v) is 2.95. The van der Waals surface area contributed by atoms with E-state index in [2.05, 4.69) is 4.72 Å². The first-order valence-corrected chi connectivity index (χ1v) is 6.99. The molecule has 0 amide bonds. The van der Waals surface area contributed by atoms with E-state index >= 15 is 0 Å². The number of anilines is 1. The fraction of sp³-hybridized carbons (Fsp3) is 0.455. The van der Waals surface area contributed by atoms with Crippen LogP contribution < -0.4 is 10.5 Å². The average molecular weight is 274 g/mol. The third kappa shape index (κ3) is 3.20. The van der Waals surface area contributed by atoms with Crippen molar-refractivity contribution < 1.29 is 18.6 Å². The van der Waals surface area contributed by atoms with Gasteiger partial charge in [-0.25, -0.2) is 13.1 Å². The van der Waals surface area contributed by atoms with Gasteiger partial charge in [0.15, 0.2) is 0 Å². The molecule has 1 aromatic carbocycles. The standard InChI is InChI=1S/C11H18N2O4S/c1-2-11(7-14,8-15)13-18(16,17)10-5-3-4-9(12)6-10/h3-6,13-15H,2,7-8,12H2,1H3. The Morgan fingerprint density at radius 2 is 1.94 bits per heavy atom. The van der Waals surface area contributed by atoms with Crippen molar-refractivity contribution in [2.75, 3.05) is 18.9 Å². The molecule has 0 fully saturated rings. The molecule has 5 N–H and O–H groups in total. The first-order valence-electron chi connectivity index (χ1n) is 5.50. The first kappa shape index (κ1) is 14.9. The summed E-state index contributed by atoms with van der Waals surface area (Å²) in [4.78, 5) is 0.00206. The third-order valence-electron chi connectivity index (χ3n) is 2.80. The Bertz CT molecular complexity index is 489. The molecule has 0 aliphatic heterocycles. The van der Waals surface area contributed by atoms with Crippen LogP contribution in [0.25, 0.3) is 0 Å². The number of aliphatic hydroxyl groups excluding tert-OH is 2. The number of hydrogen-bond acceptors (Lipinski definition) is 5. The molecule has 0 aliphatic rings. The molecular weight excluding hydrogens is 256 g/mol. The van der Waals surface area contributed by atoms with Gasteiger partial charge in [-0.3, -0.25) is 0 Å². The van der Waals surface area contributed by atoms with Crippen LogP contribution in [0.1, 0.15) is 13.3 Å². The van der Waals surface area contributed by atoms with E-state index in [9.17, 15) is 18.6 Å². The number of nitrogens with two attached hydrogens (primary N) is 1. The summed E-state index contributed by atoms with van der Waals surface area (Å²) in [6.07, 6.45) is 0.265. The van der Waals surface area contributed by atoms with E-state index in [1.54, 1.807) is 13.0 Å². The van der Waals surface area contributed by atoms with Crippen molar-refractivity contribution in [1.82, 2.24) is 4.72 Å². The molecule has 0 heterocycles. The zero-order valence-corrected chi connectivity index (χ0v) is 10.9. The highest BCUT2D eigenvalue weighted by molar-refractivity contribution is 7.89. The average Bonchev–Trinajstić information content (AvgIpc) is 2.36. The van der Waals surface area contributed by atoms with Crippen LogP contribution in [0.2, 0.25) is 0 Å². The molecule has 18 heavy (non-hydrogen) atoms. The second kappa shape index (κ2) is 5.66. The Labute approximate surface area is 106 Å². The Morgan fingerprint density at radius 1 is 1.33 bits per heavy atom. The topological polar surface area (TPSA) is 113 Å². The monoisotopic (exact) mass is 274 g/mol. The summed E-state index contributed by atoms with van der Waals surface area (Å²) in [5, 5.41) is 18.5. The Balaban J connectivity index is 3.08. The second-order valence-electron chi connectivity index (χ2n) is 4.13. The van der Waals surface area contributed by atoms with Crippen LogP contribution in [-0.4, -0.2) is 37.4 Å². The number of hydrogen-bond donors (Lipinski definition) is 4. The Hall–Kier alpha value is -1.15. The van der Waals surface area contributed by atoms with Crippen LogP contribution in [0.5, 0.6) is 0 Å². The molecule has 0 aromatic heterocycles. The molecule has 1 aromatic rings. The van der Waals surface area contributed by atoms with E-state index in [0.29, 0.717) is 5.69 Å². The number of nitrogens with one attached hydrogen (secondary N) is 1. The summed E-state index contributed by atoms with van der Waals surface area (Å²) in [7, 11) is -3.83. The highest BCUT2D eigenvalue weighted by atomic mass is 32.2. The maximum Gasteiger partial charge on any atom is 0.241 e. The SMILES string of the molecule is CCC(CO)(CO)NS(=O)(=O)c1cccc(N)c1. The number of aliphatic hydroxyl groups is 2. The van der Waals surface area contributed by atoms with E-state index in [1.807, 2.05) is 0 Å². The smallest absolute Gasteiger partial charge is 0.241 e. The molecule has 0 radical (unpaired) electrons. The lowest BCUT2D eigenvalue weighted by molar-refractivity contribution is 0.105. The number of nitrogen functional groups attached to an aromatic ring is 1. The first-order chi connectivity index (χ1) is 8.39. The Morgan fingerprint density at radius 3 is 2.39 bits per heavy atom. The third-order valence-corrected chi connectivity index (χ3v) is 4.38. The Kier molecular flexibility index (Phi) is 4.69. The molecular formula is C11H18N2O4S. The van der Waals surface area contributed by atoms with Crippen molar-refractivity contribution in [2.24, 2.45) is 0 Å². The van der Waals surface area contributed by atoms with Gasteiger partial charge < -0.3 is 15.9 Å². The van der Waals surface area contributed by atoms with Gasteiger partial charge in [-0.15, -0.1) is 0 Å². The van der Waals surface area contributed by atoms with E-state index < -0.39 is 28.8 Å². The summed E-state index contributed by atoms with van der Waals surface area (Å²) < 4.78 is 26.5. The molecule has 0 saturated heterocycles. The predicted octanol–water partition coefficient (Wildman–Crippen LogP) is -0.320. The maximum absolute atomic E-state index is 12.1. The lowest BCUT2D eigenvalue weighted by Crippen LogP contribution is -2.53. The van der Waals surface area contributed by atoms with Gasteiger partial charge in [0.05, 0.1) is 23.6 Å². The zero-order chi connectivity index (χ0) is 13.8. The molecule has 0 atom stereocenters. The molecule has 0 aliphatic carbocycles. The summed E-state index contributed by atoms with van der Waals surface area (Å²) >= 11 is 0. The van der Waals surface area contributed by atoms with Crippen LogP contribution in [0.15, 0.2) is 29.2 Å². The lowest BCUT2D eigenvalue weighted by Gasteiger charge is -2.29. The van der Waals surface area contributed by atoms with Crippen molar-refractivity contribution in [3.8, 4) is 0 Å². The fourth-order valence-electron chi connectivity index (χ4n) is 1.44. The van der Waals surface area contributed by atoms with E-state index in [0.717, 1.165) is 0 Å². The highest BCUT2D eigenvalue weighted by Crippen LogP contribution is 2.17. The molecule has 7 heteroatoms. The molecule has 0 unspecified atom stereocenters. The van der Waals surface area contributed by atoms with Gasteiger partial charge in [-0.1, -0.05) is 13.0 Å². The van der Waals surface area contributed by atoms with Gasteiger partial charge in [-0.2, -0.15) is 0 Å². The van der Waals surface area contributed by atoms with Crippen molar-refractivity contribution >= 4 is 15.7 Å². The van der Waals surface area contributed by atoms with Gasteiger partial charge in [0.2, 0.25) is 10.0 Å². The van der Waals surface area contributed by atoms with Gasteiger partial charge in [-0.05, 0) is 24.6 Å². The predicted molar refractivity (Wildman–Crippen MR) is 68.4 cm³/mol. The van der Waals surface area contributed by atoms with Crippen LogP contribution >= 0.6 is 0 Å². The van der Waals surface area contributed by atoms with Crippen molar-refractivity contribution in [3.05, 3.63) is 24.3 Å². The van der Waals surface area contributed by atoms with Crippen molar-refractivity contribution in [3.63, 3.8) is 0 Å². The highest BCUT2D eigenvalue weighted by Gasteiger charge is 2.32. The minimum absolute atomic E-state index is 0.00206. The maximum atomic E-state index is 12.1. The minimum Gasteiger partial charge on any atom is -0.399 e. The normalized spacial score (nSPS) is 12.6. The molecule has 0 spiro atoms. The molecule has 1 rings (SSSR count). The zero-order valence-electron chi connectivity index (χ0n) is 10.1. The summed E-state index contributed by atoms with van der Waals surface area (Å²) in [5.41, 5.74) is 4.59. The van der Waals surface area contributed by atoms with Crippen LogP contribution in [0.4, 0.5) is 5.69 Å². The lowest BCUT2D eigenvalue weighted by atomic mass is 10.0. The van der Waals surface area contributed by atoms with Gasteiger partial charge in [0.1, 0.15) is 0 Å². The van der Waals surface area contributed by atoms with E-state index in [1.165, 1.54) is 18.2 Å². The molecule has 6 nitrogen and oxygen atoms in total. The van der Waals surface area contributed by atoms with Gasteiger partial charge in [0, 0.05) is 5.69 Å². The largest absolute Gasteiger partial charge is 0.399 e. The number of rotatable bonds is 6. The summed E-state index contributed by atoms with van der Waals surface area (Å²) in [6.45, 7) is 0.706. The second-order valence-corrected chi connectivity index (χ2v) is 5.81. The minimum atomic E-state index is -3.83. The molecule has 0 saturated carbocycles. The number of benzene rings is 1. The van der Waals surface area contributed by atoms with Gasteiger partial charge >= 0.3 is 0 Å². The quantitative estimate of drug-likeness (QED) is 0.531. The van der Waals surface area contributed by atoms with Crippen LogP contribution in [0, 0.1) is 0 Å². The molecule has 102 valence electrons. The summed E-state index contributed by atoms with van der Waals surface area (Å²) in [5.74, 6) is 0. The van der Waals surface area contributed by atoms with E-state index in [4.69, 9.17) is 5.73 Å². The van der Waals surface area contributed by atoms with Gasteiger partial charge in [0.25, 0.3) is 0 Å². The van der Waals surface area contributed by atoms with Crippen LogP contribution in [0.3, 0.4) is 0 Å². The van der Waals surface area contributed by atoms with Crippen LogP contribution in [-0.2, 0) is 10.0 Å². The van der Waals surface area contributed by atoms with Crippen molar-refractivity contribution in [2.45, 2.75) is 23.8 Å². The number of sulfonamides is 1. The van der Waals surface area contributed by atoms with E-state index in [-0.39, 0.29) is 11.3 Å². The summed E-state index contributed by atoms with van der Waals surface area (Å²) in [6, 6.07) is 5.81.